The number of hydrogen-bond acceptors (Lipinski definition) is 1. The standard InChI is InChI=1S/C30H50O/c1-19(2)20-11-14-27(5)17-18-29(7)21(25(20)27)9-10-23-28(6)15-13-24(31)26(3,4)22(28)12-16-30(23,29)8/h20-25,31H,1,9-18H2,2-8H3/t20-,21+,22-,23+,24-,25-,27+,28-,29+,30+/m0/s1. The van der Waals surface area contributed by atoms with Crippen LogP contribution in [0, 0.1) is 56.7 Å². The second-order valence-corrected chi connectivity index (χ2v) is 14.7. The Labute approximate surface area is 192 Å². The van der Waals surface area contributed by atoms with Crippen LogP contribution in [0.15, 0.2) is 12.2 Å². The van der Waals surface area contributed by atoms with Crippen LogP contribution in [-0.2, 0) is 0 Å². The van der Waals surface area contributed by atoms with E-state index in [4.69, 9.17) is 0 Å². The molecule has 0 amide bonds. The topological polar surface area (TPSA) is 20.2 Å². The van der Waals surface area contributed by atoms with E-state index in [1.807, 2.05) is 0 Å². The molecule has 0 aromatic heterocycles. The van der Waals surface area contributed by atoms with Crippen molar-refractivity contribution in [2.45, 2.75) is 119 Å². The number of fused-ring (bicyclic) bond motifs is 7. The van der Waals surface area contributed by atoms with Crippen LogP contribution in [0.1, 0.15) is 113 Å². The zero-order chi connectivity index (χ0) is 22.6. The van der Waals surface area contributed by atoms with Gasteiger partial charge in [-0.15, -0.1) is 0 Å². The van der Waals surface area contributed by atoms with E-state index in [0.717, 1.165) is 30.1 Å². The third-order valence-electron chi connectivity index (χ3n) is 13.5. The summed E-state index contributed by atoms with van der Waals surface area (Å²) < 4.78 is 0. The fourth-order valence-electron chi connectivity index (χ4n) is 11.5. The van der Waals surface area contributed by atoms with E-state index < -0.39 is 0 Å². The van der Waals surface area contributed by atoms with Crippen LogP contribution in [-0.4, -0.2) is 11.2 Å². The molecule has 0 radical (unpaired) electrons. The summed E-state index contributed by atoms with van der Waals surface area (Å²) in [6, 6.07) is 0. The van der Waals surface area contributed by atoms with Crippen molar-refractivity contribution in [3.63, 3.8) is 0 Å². The molecule has 10 atom stereocenters. The SMILES string of the molecule is C=C(C)[C@@H]1CC[C@]2(C)CC[C@]3(C)[C@H](CC[C@@H]4[C@@]5(C)CC[C@H](O)C(C)(C)[C@@H]5CC[C@]43C)[C@H]12. The maximum absolute atomic E-state index is 10.9. The molecule has 0 bridgehead atoms. The molecular weight excluding hydrogens is 376 g/mol. The summed E-state index contributed by atoms with van der Waals surface area (Å²) in [7, 11) is 0. The molecule has 1 N–H and O–H groups in total. The van der Waals surface area contributed by atoms with Crippen molar-refractivity contribution in [2.24, 2.45) is 56.7 Å². The summed E-state index contributed by atoms with van der Waals surface area (Å²) in [6.45, 7) is 22.3. The van der Waals surface area contributed by atoms with Gasteiger partial charge < -0.3 is 5.11 Å². The van der Waals surface area contributed by atoms with Crippen molar-refractivity contribution in [3.05, 3.63) is 12.2 Å². The molecule has 0 saturated heterocycles. The third kappa shape index (κ3) is 2.65. The molecule has 0 spiro atoms. The molecule has 0 aromatic carbocycles. The van der Waals surface area contributed by atoms with Crippen LogP contribution in [0.2, 0.25) is 0 Å². The normalized spacial score (nSPS) is 57.9. The smallest absolute Gasteiger partial charge is 0.0594 e. The Morgan fingerprint density at radius 2 is 1.45 bits per heavy atom. The van der Waals surface area contributed by atoms with Crippen LogP contribution < -0.4 is 0 Å². The lowest BCUT2D eigenvalue weighted by atomic mass is 9.32. The van der Waals surface area contributed by atoms with Gasteiger partial charge in [-0.05, 0) is 128 Å². The highest BCUT2D eigenvalue weighted by Gasteiger charge is 2.70. The first-order valence-corrected chi connectivity index (χ1v) is 13.6. The molecule has 5 aliphatic rings. The first-order chi connectivity index (χ1) is 14.3. The van der Waals surface area contributed by atoms with Gasteiger partial charge in [-0.2, -0.15) is 0 Å². The largest absolute Gasteiger partial charge is 0.393 e. The number of rotatable bonds is 1. The van der Waals surface area contributed by atoms with E-state index in [1.54, 1.807) is 0 Å². The lowest BCUT2D eigenvalue weighted by Crippen LogP contribution is -2.66. The van der Waals surface area contributed by atoms with E-state index in [2.05, 4.69) is 55.0 Å². The Bertz CT molecular complexity index is 766. The lowest BCUT2D eigenvalue weighted by molar-refractivity contribution is -0.246. The van der Waals surface area contributed by atoms with Crippen molar-refractivity contribution < 1.29 is 5.11 Å². The Morgan fingerprint density at radius 1 is 0.742 bits per heavy atom. The first kappa shape index (κ1) is 22.5. The van der Waals surface area contributed by atoms with Gasteiger partial charge in [0.05, 0.1) is 6.10 Å². The van der Waals surface area contributed by atoms with E-state index in [-0.39, 0.29) is 11.5 Å². The Balaban J connectivity index is 1.54. The van der Waals surface area contributed by atoms with Crippen molar-refractivity contribution in [1.82, 2.24) is 0 Å². The maximum atomic E-state index is 10.9. The quantitative estimate of drug-likeness (QED) is 0.421. The zero-order valence-corrected chi connectivity index (χ0v) is 21.7. The molecule has 5 aliphatic carbocycles. The fourth-order valence-corrected chi connectivity index (χ4v) is 11.5. The van der Waals surface area contributed by atoms with Gasteiger partial charge in [0, 0.05) is 0 Å². The van der Waals surface area contributed by atoms with Gasteiger partial charge in [0.25, 0.3) is 0 Å². The van der Waals surface area contributed by atoms with Crippen molar-refractivity contribution >= 4 is 0 Å². The molecule has 1 nitrogen and oxygen atoms in total. The van der Waals surface area contributed by atoms with Crippen molar-refractivity contribution in [1.29, 1.82) is 0 Å². The molecule has 0 unspecified atom stereocenters. The molecule has 176 valence electrons. The number of aliphatic hydroxyl groups excluding tert-OH is 1. The van der Waals surface area contributed by atoms with Gasteiger partial charge in [0.2, 0.25) is 0 Å². The van der Waals surface area contributed by atoms with Crippen LogP contribution in [0.4, 0.5) is 0 Å². The zero-order valence-electron chi connectivity index (χ0n) is 21.7. The second kappa shape index (κ2) is 6.64. The molecule has 1 heteroatoms. The van der Waals surface area contributed by atoms with Crippen LogP contribution in [0.5, 0.6) is 0 Å². The van der Waals surface area contributed by atoms with E-state index in [9.17, 15) is 5.11 Å². The fraction of sp³-hybridized carbons (Fsp3) is 0.933. The predicted octanol–water partition coefficient (Wildman–Crippen LogP) is 8.02. The van der Waals surface area contributed by atoms with Crippen LogP contribution in [0.3, 0.4) is 0 Å². The van der Waals surface area contributed by atoms with E-state index >= 15 is 0 Å². The first-order valence-electron chi connectivity index (χ1n) is 13.6. The van der Waals surface area contributed by atoms with Crippen molar-refractivity contribution in [2.75, 3.05) is 0 Å². The monoisotopic (exact) mass is 426 g/mol. The number of allylic oxidation sites excluding steroid dienone is 1. The number of aliphatic hydroxyl groups is 1. The molecular formula is C30H50O. The van der Waals surface area contributed by atoms with Gasteiger partial charge >= 0.3 is 0 Å². The van der Waals surface area contributed by atoms with Gasteiger partial charge in [0.1, 0.15) is 0 Å². The average Bonchev–Trinajstić information content (AvgIpc) is 3.04. The van der Waals surface area contributed by atoms with E-state index in [0.29, 0.717) is 27.6 Å². The van der Waals surface area contributed by atoms with Gasteiger partial charge in [-0.25, -0.2) is 0 Å². The highest BCUT2D eigenvalue weighted by Crippen LogP contribution is 2.77. The number of hydrogen-bond donors (Lipinski definition) is 1. The van der Waals surface area contributed by atoms with Crippen LogP contribution >= 0.6 is 0 Å². The molecule has 31 heavy (non-hydrogen) atoms. The summed E-state index contributed by atoms with van der Waals surface area (Å²) in [4.78, 5) is 0. The highest BCUT2D eigenvalue weighted by molar-refractivity contribution is 5.21. The van der Waals surface area contributed by atoms with Gasteiger partial charge in [-0.3, -0.25) is 0 Å². The molecule has 5 rings (SSSR count). The molecule has 0 aliphatic heterocycles. The molecule has 5 saturated carbocycles. The lowest BCUT2D eigenvalue weighted by Gasteiger charge is -2.73. The maximum Gasteiger partial charge on any atom is 0.0594 e. The molecule has 5 fully saturated rings. The third-order valence-corrected chi connectivity index (χ3v) is 13.5. The predicted molar refractivity (Wildman–Crippen MR) is 131 cm³/mol. The minimum absolute atomic E-state index is 0.0632. The summed E-state index contributed by atoms with van der Waals surface area (Å²) in [5.74, 6) is 3.98. The molecule has 0 heterocycles. The summed E-state index contributed by atoms with van der Waals surface area (Å²) in [5, 5.41) is 10.9. The minimum atomic E-state index is -0.118. The Hall–Kier alpha value is -0.300. The summed E-state index contributed by atoms with van der Waals surface area (Å²) in [6.07, 6.45) is 13.4. The summed E-state index contributed by atoms with van der Waals surface area (Å²) in [5.41, 5.74) is 3.38. The highest BCUT2D eigenvalue weighted by atomic mass is 16.3. The Kier molecular flexibility index (Phi) is 4.82. The minimum Gasteiger partial charge on any atom is -0.393 e. The second-order valence-electron chi connectivity index (χ2n) is 14.7. The Morgan fingerprint density at radius 3 is 2.13 bits per heavy atom. The van der Waals surface area contributed by atoms with Gasteiger partial charge in [0.15, 0.2) is 0 Å². The molecule has 0 aromatic rings. The summed E-state index contributed by atoms with van der Waals surface area (Å²) >= 11 is 0. The van der Waals surface area contributed by atoms with Crippen LogP contribution in [0.25, 0.3) is 0 Å². The average molecular weight is 427 g/mol. The van der Waals surface area contributed by atoms with Gasteiger partial charge in [-0.1, -0.05) is 53.7 Å². The van der Waals surface area contributed by atoms with E-state index in [1.165, 1.54) is 63.4 Å². The van der Waals surface area contributed by atoms with Crippen molar-refractivity contribution in [3.8, 4) is 0 Å².